The number of rotatable bonds is 7. The van der Waals surface area contributed by atoms with Gasteiger partial charge in [0.1, 0.15) is 5.75 Å². The van der Waals surface area contributed by atoms with Crippen LogP contribution in [-0.2, 0) is 4.79 Å². The summed E-state index contributed by atoms with van der Waals surface area (Å²) in [6, 6.07) is 9.43. The number of amides is 1. The molecule has 0 atom stereocenters. The third-order valence-electron chi connectivity index (χ3n) is 3.88. The van der Waals surface area contributed by atoms with Crippen molar-refractivity contribution in [3.05, 3.63) is 42.2 Å². The van der Waals surface area contributed by atoms with Crippen LogP contribution in [0.15, 0.2) is 46.2 Å². The van der Waals surface area contributed by atoms with E-state index in [9.17, 15) is 4.79 Å². The summed E-state index contributed by atoms with van der Waals surface area (Å²) in [6.07, 6.45) is 1.60. The molecule has 27 heavy (non-hydrogen) atoms. The summed E-state index contributed by atoms with van der Waals surface area (Å²) in [5, 5.41) is 12.0. The second-order valence-electron chi connectivity index (χ2n) is 6.29. The van der Waals surface area contributed by atoms with Crippen LogP contribution in [0.4, 0.5) is 5.69 Å². The number of nitrogens with zero attached hydrogens (tertiary/aromatic N) is 3. The quantitative estimate of drug-likeness (QED) is 0.614. The molecule has 0 spiro atoms. The van der Waals surface area contributed by atoms with Gasteiger partial charge in [0.05, 0.1) is 24.8 Å². The summed E-state index contributed by atoms with van der Waals surface area (Å²) >= 11 is 1.33. The third kappa shape index (κ3) is 4.33. The Morgan fingerprint density at radius 2 is 2.15 bits per heavy atom. The van der Waals surface area contributed by atoms with Gasteiger partial charge >= 0.3 is 0 Å². The molecule has 3 aromatic rings. The molecule has 0 saturated carbocycles. The summed E-state index contributed by atoms with van der Waals surface area (Å²) in [4.78, 5) is 12.4. The highest BCUT2D eigenvalue weighted by Gasteiger charge is 2.19. The van der Waals surface area contributed by atoms with Crippen LogP contribution in [0, 0.1) is 6.92 Å². The van der Waals surface area contributed by atoms with Gasteiger partial charge in [0.25, 0.3) is 0 Å². The van der Waals surface area contributed by atoms with Crippen molar-refractivity contribution in [3.63, 3.8) is 0 Å². The molecule has 0 aliphatic carbocycles. The predicted octanol–water partition coefficient (Wildman–Crippen LogP) is 4.17. The fourth-order valence-corrected chi connectivity index (χ4v) is 3.52. The van der Waals surface area contributed by atoms with Crippen LogP contribution in [0.2, 0.25) is 0 Å². The first kappa shape index (κ1) is 19.0. The van der Waals surface area contributed by atoms with Crippen molar-refractivity contribution in [2.24, 2.45) is 0 Å². The molecule has 142 valence electrons. The Labute approximate surface area is 162 Å². The number of carbonyl (C=O) groups excluding carboxylic acids is 1. The monoisotopic (exact) mass is 386 g/mol. The Kier molecular flexibility index (Phi) is 5.85. The van der Waals surface area contributed by atoms with Gasteiger partial charge in [-0.25, -0.2) is 0 Å². The van der Waals surface area contributed by atoms with E-state index in [1.54, 1.807) is 13.4 Å². The second kappa shape index (κ2) is 8.30. The number of furan rings is 1. The van der Waals surface area contributed by atoms with Crippen LogP contribution in [0.25, 0.3) is 11.6 Å². The van der Waals surface area contributed by atoms with Gasteiger partial charge in [-0.15, -0.1) is 10.2 Å². The van der Waals surface area contributed by atoms with Gasteiger partial charge in [-0.3, -0.25) is 9.36 Å². The normalized spacial score (nSPS) is 11.0. The highest BCUT2D eigenvalue weighted by atomic mass is 32.2. The third-order valence-corrected chi connectivity index (χ3v) is 4.83. The zero-order valence-electron chi connectivity index (χ0n) is 15.7. The van der Waals surface area contributed by atoms with Crippen LogP contribution in [0.3, 0.4) is 0 Å². The number of hydrogen-bond donors (Lipinski definition) is 1. The summed E-state index contributed by atoms with van der Waals surface area (Å²) in [7, 11) is 1.58. The molecule has 1 N–H and O–H groups in total. The molecule has 8 heteroatoms. The molecule has 7 nitrogen and oxygen atoms in total. The number of hydrogen-bond acceptors (Lipinski definition) is 6. The number of thioether (sulfide) groups is 1. The number of carbonyl (C=O) groups is 1. The van der Waals surface area contributed by atoms with E-state index in [2.05, 4.69) is 15.5 Å². The lowest BCUT2D eigenvalue weighted by Crippen LogP contribution is -2.15. The van der Waals surface area contributed by atoms with E-state index in [0.29, 0.717) is 28.2 Å². The van der Waals surface area contributed by atoms with Crippen LogP contribution < -0.4 is 10.1 Å². The second-order valence-corrected chi connectivity index (χ2v) is 7.23. The first-order chi connectivity index (χ1) is 13.0. The molecule has 0 bridgehead atoms. The number of ether oxygens (including phenoxy) is 1. The van der Waals surface area contributed by atoms with E-state index in [1.807, 2.05) is 55.7 Å². The van der Waals surface area contributed by atoms with Crippen molar-refractivity contribution in [3.8, 4) is 17.3 Å². The fraction of sp³-hybridized carbons (Fsp3) is 0.316. The van der Waals surface area contributed by atoms with Gasteiger partial charge in [-0.1, -0.05) is 17.8 Å². The lowest BCUT2D eigenvalue weighted by Gasteiger charge is -2.13. The molecule has 2 heterocycles. The molecule has 0 aliphatic heterocycles. The van der Waals surface area contributed by atoms with Crippen molar-refractivity contribution >= 4 is 23.4 Å². The Balaban J connectivity index is 1.72. The Morgan fingerprint density at radius 1 is 1.33 bits per heavy atom. The smallest absolute Gasteiger partial charge is 0.234 e. The van der Waals surface area contributed by atoms with Gasteiger partial charge < -0.3 is 14.5 Å². The van der Waals surface area contributed by atoms with Crippen molar-refractivity contribution < 1.29 is 13.9 Å². The Morgan fingerprint density at radius 3 is 2.81 bits per heavy atom. The van der Waals surface area contributed by atoms with Gasteiger partial charge in [0, 0.05) is 6.04 Å². The Bertz CT molecular complexity index is 919. The number of aryl methyl sites for hydroxylation is 1. The molecule has 0 unspecified atom stereocenters. The maximum Gasteiger partial charge on any atom is 0.234 e. The minimum absolute atomic E-state index is 0.127. The molecule has 2 aromatic heterocycles. The average molecular weight is 386 g/mol. The standard InChI is InChI=1S/C19H22N4O3S/c1-12(2)23-18(16-6-5-9-26-16)21-22-19(23)27-11-17(24)20-14-10-13(3)7-8-15(14)25-4/h5-10,12H,11H2,1-4H3,(H,20,24). The molecule has 3 rings (SSSR count). The van der Waals surface area contributed by atoms with Crippen LogP contribution in [0.1, 0.15) is 25.5 Å². The van der Waals surface area contributed by atoms with E-state index in [1.165, 1.54) is 11.8 Å². The predicted molar refractivity (Wildman–Crippen MR) is 105 cm³/mol. The molecule has 1 aromatic carbocycles. The number of benzene rings is 1. The maximum atomic E-state index is 12.4. The minimum Gasteiger partial charge on any atom is -0.495 e. The van der Waals surface area contributed by atoms with Crippen LogP contribution in [-0.4, -0.2) is 33.5 Å². The minimum atomic E-state index is -0.137. The lowest BCUT2D eigenvalue weighted by atomic mass is 10.2. The summed E-state index contributed by atoms with van der Waals surface area (Å²) < 4.78 is 12.7. The van der Waals surface area contributed by atoms with E-state index in [-0.39, 0.29) is 17.7 Å². The fourth-order valence-electron chi connectivity index (χ4n) is 2.65. The summed E-state index contributed by atoms with van der Waals surface area (Å²) in [5.74, 6) is 2.00. The van der Waals surface area contributed by atoms with Crippen molar-refractivity contribution in [1.82, 2.24) is 14.8 Å². The van der Waals surface area contributed by atoms with E-state index in [4.69, 9.17) is 9.15 Å². The van der Waals surface area contributed by atoms with Crippen LogP contribution in [0.5, 0.6) is 5.75 Å². The van der Waals surface area contributed by atoms with Gasteiger partial charge in [-0.05, 0) is 50.6 Å². The molecule has 1 amide bonds. The molecule has 0 fully saturated rings. The number of nitrogens with one attached hydrogen (secondary N) is 1. The van der Waals surface area contributed by atoms with Gasteiger partial charge in [0.15, 0.2) is 10.9 Å². The zero-order valence-corrected chi connectivity index (χ0v) is 16.5. The highest BCUT2D eigenvalue weighted by Crippen LogP contribution is 2.29. The van der Waals surface area contributed by atoms with Crippen molar-refractivity contribution in [2.45, 2.75) is 32.0 Å². The van der Waals surface area contributed by atoms with Crippen molar-refractivity contribution in [1.29, 1.82) is 0 Å². The Hall–Kier alpha value is -2.74. The molecule has 0 aliphatic rings. The molecule has 0 saturated heterocycles. The van der Waals surface area contributed by atoms with E-state index >= 15 is 0 Å². The maximum absolute atomic E-state index is 12.4. The largest absolute Gasteiger partial charge is 0.495 e. The van der Waals surface area contributed by atoms with E-state index in [0.717, 1.165) is 5.56 Å². The number of methoxy groups -OCH3 is 1. The molecule has 0 radical (unpaired) electrons. The summed E-state index contributed by atoms with van der Waals surface area (Å²) in [5.41, 5.74) is 1.70. The topological polar surface area (TPSA) is 82.2 Å². The van der Waals surface area contributed by atoms with Crippen molar-refractivity contribution in [2.75, 3.05) is 18.2 Å². The van der Waals surface area contributed by atoms with E-state index < -0.39 is 0 Å². The average Bonchev–Trinajstić information content (AvgIpc) is 3.29. The first-order valence-electron chi connectivity index (χ1n) is 8.55. The molecular weight excluding hydrogens is 364 g/mol. The number of aromatic nitrogens is 3. The number of anilines is 1. The summed E-state index contributed by atoms with van der Waals surface area (Å²) in [6.45, 7) is 6.04. The zero-order chi connectivity index (χ0) is 19.4. The van der Waals surface area contributed by atoms with Gasteiger partial charge in [0.2, 0.25) is 11.7 Å². The molecular formula is C19H22N4O3S. The first-order valence-corrected chi connectivity index (χ1v) is 9.54. The lowest BCUT2D eigenvalue weighted by molar-refractivity contribution is -0.113. The van der Waals surface area contributed by atoms with Gasteiger partial charge in [-0.2, -0.15) is 0 Å². The van der Waals surface area contributed by atoms with Crippen LogP contribution >= 0.6 is 11.8 Å². The SMILES string of the molecule is COc1ccc(C)cc1NC(=O)CSc1nnc(-c2ccco2)n1C(C)C. The highest BCUT2D eigenvalue weighted by molar-refractivity contribution is 7.99.